The average molecular weight is 144 g/mol. The summed E-state index contributed by atoms with van der Waals surface area (Å²) in [6.07, 6.45) is 1.75. The molecule has 1 heterocycles. The summed E-state index contributed by atoms with van der Waals surface area (Å²) >= 11 is 5.46. The number of carbonyl (C=O) groups is 1. The van der Waals surface area contributed by atoms with Gasteiger partial charge in [-0.2, -0.15) is 0 Å². The van der Waals surface area contributed by atoms with Gasteiger partial charge in [0.25, 0.3) is 0 Å². The second kappa shape index (κ2) is 2.31. The van der Waals surface area contributed by atoms with E-state index in [0.717, 1.165) is 5.71 Å². The van der Waals surface area contributed by atoms with Gasteiger partial charge in [-0.3, -0.25) is 4.79 Å². The number of hydrogen-bond donors (Lipinski definition) is 0. The van der Waals surface area contributed by atoms with Crippen molar-refractivity contribution in [3.63, 3.8) is 0 Å². The first-order chi connectivity index (χ1) is 4.18. The summed E-state index contributed by atoms with van der Waals surface area (Å²) in [5, 5.41) is 0.295. The van der Waals surface area contributed by atoms with Gasteiger partial charge < -0.3 is 0 Å². The number of rotatable bonds is 0. The van der Waals surface area contributed by atoms with Gasteiger partial charge in [-0.1, -0.05) is 11.6 Å². The highest BCUT2D eigenvalue weighted by Gasteiger charge is 2.07. The Morgan fingerprint density at radius 1 is 1.78 bits per heavy atom. The molecular formula is C6H6ClNO. The molecule has 0 saturated carbocycles. The Balaban J connectivity index is 2.86. The van der Waals surface area contributed by atoms with Crippen molar-refractivity contribution >= 4 is 23.1 Å². The highest BCUT2D eigenvalue weighted by Crippen LogP contribution is 2.10. The molecule has 0 N–H and O–H groups in total. The molecule has 0 aromatic carbocycles. The quantitative estimate of drug-likeness (QED) is 0.473. The second-order valence-electron chi connectivity index (χ2n) is 1.96. The van der Waals surface area contributed by atoms with Crippen molar-refractivity contribution in [3.8, 4) is 0 Å². The largest absolute Gasteiger partial charge is 0.294 e. The van der Waals surface area contributed by atoms with Crippen LogP contribution in [0.4, 0.5) is 0 Å². The van der Waals surface area contributed by atoms with Crippen molar-refractivity contribution in [3.05, 3.63) is 11.2 Å². The number of halogens is 1. The average Bonchev–Trinajstić information content (AvgIpc) is 1.59. The third kappa shape index (κ3) is 1.64. The van der Waals surface area contributed by atoms with Crippen LogP contribution >= 0.6 is 11.6 Å². The van der Waals surface area contributed by atoms with Gasteiger partial charge in [0.15, 0.2) is 5.78 Å². The molecule has 0 bridgehead atoms. The topological polar surface area (TPSA) is 29.4 Å². The molecule has 0 saturated heterocycles. The van der Waals surface area contributed by atoms with E-state index in [1.165, 1.54) is 6.08 Å². The van der Waals surface area contributed by atoms with Crippen LogP contribution in [0.3, 0.4) is 0 Å². The molecular weight excluding hydrogens is 138 g/mol. The predicted octanol–water partition coefficient (Wildman–Crippen LogP) is 1.50. The molecule has 0 aromatic heterocycles. The lowest BCUT2D eigenvalue weighted by atomic mass is 10.2. The highest BCUT2D eigenvalue weighted by atomic mass is 35.5. The molecule has 1 aliphatic heterocycles. The van der Waals surface area contributed by atoms with Crippen molar-refractivity contribution in [1.82, 2.24) is 0 Å². The minimum absolute atomic E-state index is 0.0347. The van der Waals surface area contributed by atoms with E-state index in [1.807, 2.05) is 0 Å². The van der Waals surface area contributed by atoms with Crippen LogP contribution in [0.1, 0.15) is 13.3 Å². The van der Waals surface area contributed by atoms with E-state index >= 15 is 0 Å². The summed E-state index contributed by atoms with van der Waals surface area (Å²) in [6, 6.07) is 0. The van der Waals surface area contributed by atoms with Crippen molar-refractivity contribution in [2.75, 3.05) is 0 Å². The fourth-order valence-electron chi connectivity index (χ4n) is 0.690. The van der Waals surface area contributed by atoms with Gasteiger partial charge in [0, 0.05) is 18.2 Å². The predicted molar refractivity (Wildman–Crippen MR) is 36.7 cm³/mol. The molecule has 3 heteroatoms. The van der Waals surface area contributed by atoms with Gasteiger partial charge in [-0.05, 0) is 6.92 Å². The fraction of sp³-hybridized carbons (Fsp3) is 0.333. The van der Waals surface area contributed by atoms with Crippen LogP contribution in [0, 0.1) is 0 Å². The molecule has 0 unspecified atom stereocenters. The maximum absolute atomic E-state index is 10.6. The van der Waals surface area contributed by atoms with Crippen LogP contribution in [-0.4, -0.2) is 11.5 Å². The minimum Gasteiger partial charge on any atom is -0.294 e. The zero-order valence-electron chi connectivity index (χ0n) is 5.02. The maximum atomic E-state index is 10.6. The SMILES string of the molecule is CC1=NC(Cl)=CC(=O)C1. The zero-order valence-corrected chi connectivity index (χ0v) is 5.77. The number of hydrogen-bond acceptors (Lipinski definition) is 2. The summed E-state index contributed by atoms with van der Waals surface area (Å²) in [4.78, 5) is 14.5. The third-order valence-electron chi connectivity index (χ3n) is 1.01. The lowest BCUT2D eigenvalue weighted by Crippen LogP contribution is -2.05. The number of allylic oxidation sites excluding steroid dienone is 1. The Kier molecular flexibility index (Phi) is 1.67. The van der Waals surface area contributed by atoms with Crippen LogP contribution < -0.4 is 0 Å². The molecule has 0 aromatic rings. The van der Waals surface area contributed by atoms with Crippen LogP contribution in [-0.2, 0) is 4.79 Å². The first-order valence-corrected chi connectivity index (χ1v) is 3.00. The fourth-order valence-corrected chi connectivity index (χ4v) is 0.956. The molecule has 0 amide bonds. The molecule has 0 atom stereocenters. The Morgan fingerprint density at radius 3 is 2.89 bits per heavy atom. The molecule has 0 aliphatic carbocycles. The molecule has 9 heavy (non-hydrogen) atoms. The van der Waals surface area contributed by atoms with E-state index in [-0.39, 0.29) is 5.78 Å². The monoisotopic (exact) mass is 143 g/mol. The van der Waals surface area contributed by atoms with Crippen molar-refractivity contribution < 1.29 is 4.79 Å². The van der Waals surface area contributed by atoms with Crippen molar-refractivity contribution in [2.45, 2.75) is 13.3 Å². The van der Waals surface area contributed by atoms with Crippen molar-refractivity contribution in [2.24, 2.45) is 4.99 Å². The van der Waals surface area contributed by atoms with Gasteiger partial charge in [0.2, 0.25) is 0 Å². The number of aliphatic imine (C=N–C) groups is 1. The maximum Gasteiger partial charge on any atom is 0.164 e. The summed E-state index contributed by atoms with van der Waals surface area (Å²) < 4.78 is 0. The van der Waals surface area contributed by atoms with Gasteiger partial charge in [-0.15, -0.1) is 0 Å². The van der Waals surface area contributed by atoms with E-state index in [4.69, 9.17) is 11.6 Å². The van der Waals surface area contributed by atoms with Gasteiger partial charge in [-0.25, -0.2) is 4.99 Å². The number of ketones is 1. The third-order valence-corrected chi connectivity index (χ3v) is 1.20. The van der Waals surface area contributed by atoms with E-state index in [1.54, 1.807) is 6.92 Å². The molecule has 0 radical (unpaired) electrons. The molecule has 2 nitrogen and oxygen atoms in total. The lowest BCUT2D eigenvalue weighted by Gasteiger charge is -2.01. The van der Waals surface area contributed by atoms with Crippen LogP contribution in [0.2, 0.25) is 0 Å². The number of carbonyl (C=O) groups excluding carboxylic acids is 1. The van der Waals surface area contributed by atoms with Crippen LogP contribution in [0.15, 0.2) is 16.2 Å². The zero-order chi connectivity index (χ0) is 6.85. The Labute approximate surface area is 58.2 Å². The molecule has 1 aliphatic rings. The second-order valence-corrected chi connectivity index (χ2v) is 2.34. The van der Waals surface area contributed by atoms with Gasteiger partial charge in [0.1, 0.15) is 5.16 Å². The van der Waals surface area contributed by atoms with E-state index in [9.17, 15) is 4.79 Å². The first kappa shape index (κ1) is 6.49. The van der Waals surface area contributed by atoms with Crippen LogP contribution in [0.5, 0.6) is 0 Å². The van der Waals surface area contributed by atoms with Crippen LogP contribution in [0.25, 0.3) is 0 Å². The first-order valence-electron chi connectivity index (χ1n) is 2.62. The lowest BCUT2D eigenvalue weighted by molar-refractivity contribution is -0.113. The summed E-state index contributed by atoms with van der Waals surface area (Å²) in [5.41, 5.74) is 0.785. The van der Waals surface area contributed by atoms with E-state index in [0.29, 0.717) is 11.6 Å². The molecule has 48 valence electrons. The van der Waals surface area contributed by atoms with Gasteiger partial charge in [0.05, 0.1) is 0 Å². The highest BCUT2D eigenvalue weighted by molar-refractivity contribution is 6.33. The summed E-state index contributed by atoms with van der Waals surface area (Å²) in [7, 11) is 0. The minimum atomic E-state index is 0.0347. The smallest absolute Gasteiger partial charge is 0.164 e. The Morgan fingerprint density at radius 2 is 2.44 bits per heavy atom. The standard InChI is InChI=1S/C6H6ClNO/c1-4-2-5(9)3-6(7)8-4/h3H,2H2,1H3. The van der Waals surface area contributed by atoms with E-state index < -0.39 is 0 Å². The summed E-state index contributed by atoms with van der Waals surface area (Å²) in [5.74, 6) is 0.0347. The Bertz CT molecular complexity index is 205. The summed E-state index contributed by atoms with van der Waals surface area (Å²) in [6.45, 7) is 1.78. The van der Waals surface area contributed by atoms with Gasteiger partial charge >= 0.3 is 0 Å². The molecule has 1 rings (SSSR count). The molecule has 0 spiro atoms. The normalized spacial score (nSPS) is 19.1. The van der Waals surface area contributed by atoms with E-state index in [2.05, 4.69) is 4.99 Å². The molecule has 0 fully saturated rings. The van der Waals surface area contributed by atoms with Crippen molar-refractivity contribution in [1.29, 1.82) is 0 Å². The Hall–Kier alpha value is -0.630. The number of nitrogens with zero attached hydrogens (tertiary/aromatic N) is 1.